The molecule has 0 spiro atoms. The second kappa shape index (κ2) is 4.04. The lowest BCUT2D eigenvalue weighted by Crippen LogP contribution is -1.97. The number of benzene rings is 1. The van der Waals surface area contributed by atoms with E-state index in [-0.39, 0.29) is 5.82 Å². The summed E-state index contributed by atoms with van der Waals surface area (Å²) in [5, 5.41) is 0. The van der Waals surface area contributed by atoms with Crippen LogP contribution in [0.15, 0.2) is 18.2 Å². The van der Waals surface area contributed by atoms with E-state index in [2.05, 4.69) is 4.85 Å². The molecule has 1 aromatic rings. The molecule has 0 aliphatic heterocycles. The molecule has 68 valence electrons. The molecule has 0 fully saturated rings. The maximum absolute atomic E-state index is 13.3. The highest BCUT2D eigenvalue weighted by Gasteiger charge is 2.09. The van der Waals surface area contributed by atoms with Crippen LogP contribution in [0.4, 0.5) is 10.1 Å². The molecule has 1 nitrogen and oxygen atoms in total. The number of rotatable bonds is 2. The summed E-state index contributed by atoms with van der Waals surface area (Å²) in [5.41, 5.74) is 0.987. The Kier molecular flexibility index (Phi) is 3.02. The molecule has 0 N–H and O–H groups in total. The van der Waals surface area contributed by atoms with Crippen LogP contribution in [0.25, 0.3) is 4.85 Å². The number of hydrogen-bond acceptors (Lipinski definition) is 0. The Bertz CT molecular complexity index is 336. The van der Waals surface area contributed by atoms with Crippen molar-refractivity contribution in [2.45, 2.75) is 20.3 Å². The normalized spacial score (nSPS) is 10.1. The van der Waals surface area contributed by atoms with Crippen LogP contribution in [-0.4, -0.2) is 0 Å². The summed E-state index contributed by atoms with van der Waals surface area (Å²) in [6.45, 7) is 10.9. The van der Waals surface area contributed by atoms with Crippen molar-refractivity contribution in [3.05, 3.63) is 41.0 Å². The molecule has 1 rings (SSSR count). The van der Waals surface area contributed by atoms with Gasteiger partial charge in [0.05, 0.1) is 6.57 Å². The summed E-state index contributed by atoms with van der Waals surface area (Å²) >= 11 is 0. The molecule has 0 unspecified atom stereocenters. The topological polar surface area (TPSA) is 4.36 Å². The average molecular weight is 177 g/mol. The third-order valence-electron chi connectivity index (χ3n) is 1.83. The zero-order valence-electron chi connectivity index (χ0n) is 7.84. The van der Waals surface area contributed by atoms with Crippen LogP contribution in [0.3, 0.4) is 0 Å². The quantitative estimate of drug-likeness (QED) is 0.608. The van der Waals surface area contributed by atoms with Crippen LogP contribution in [0.2, 0.25) is 0 Å². The monoisotopic (exact) mass is 177 g/mol. The minimum atomic E-state index is -0.262. The molecule has 0 radical (unpaired) electrons. The summed E-state index contributed by atoms with van der Waals surface area (Å²) in [7, 11) is 0. The first-order valence-electron chi connectivity index (χ1n) is 4.30. The van der Waals surface area contributed by atoms with Gasteiger partial charge in [-0.25, -0.2) is 9.24 Å². The van der Waals surface area contributed by atoms with Crippen LogP contribution in [0, 0.1) is 18.3 Å². The Morgan fingerprint density at radius 3 is 2.69 bits per heavy atom. The zero-order valence-corrected chi connectivity index (χ0v) is 7.84. The van der Waals surface area contributed by atoms with Gasteiger partial charge >= 0.3 is 0 Å². The van der Waals surface area contributed by atoms with E-state index in [1.54, 1.807) is 12.1 Å². The van der Waals surface area contributed by atoms with Gasteiger partial charge < -0.3 is 0 Å². The first-order chi connectivity index (χ1) is 6.15. The zero-order chi connectivity index (χ0) is 9.84. The van der Waals surface area contributed by atoms with Gasteiger partial charge in [0.2, 0.25) is 0 Å². The molecule has 2 heteroatoms. The summed E-state index contributed by atoms with van der Waals surface area (Å²) in [4.78, 5) is 3.29. The fraction of sp³-hybridized carbons (Fsp3) is 0.364. The van der Waals surface area contributed by atoms with Gasteiger partial charge in [0, 0.05) is 0 Å². The molecule has 0 bridgehead atoms. The van der Waals surface area contributed by atoms with Crippen molar-refractivity contribution >= 4 is 5.69 Å². The van der Waals surface area contributed by atoms with Gasteiger partial charge in [-0.15, -0.1) is 0 Å². The maximum Gasteiger partial charge on any atom is 0.193 e. The Morgan fingerprint density at radius 2 is 2.15 bits per heavy atom. The van der Waals surface area contributed by atoms with E-state index in [0.717, 1.165) is 0 Å². The van der Waals surface area contributed by atoms with Crippen molar-refractivity contribution in [2.24, 2.45) is 5.92 Å². The number of nitrogens with zero attached hydrogens (tertiary/aromatic N) is 1. The summed E-state index contributed by atoms with van der Waals surface area (Å²) < 4.78 is 13.3. The predicted octanol–water partition coefficient (Wildman–Crippen LogP) is 3.57. The van der Waals surface area contributed by atoms with Crippen molar-refractivity contribution in [3.63, 3.8) is 0 Å². The van der Waals surface area contributed by atoms with Crippen LogP contribution in [0.1, 0.15) is 19.4 Å². The molecule has 13 heavy (non-hydrogen) atoms. The maximum atomic E-state index is 13.3. The third kappa shape index (κ3) is 2.29. The van der Waals surface area contributed by atoms with Crippen molar-refractivity contribution in [3.8, 4) is 0 Å². The molecular formula is C11H12FN. The van der Waals surface area contributed by atoms with E-state index in [0.29, 0.717) is 23.6 Å². The van der Waals surface area contributed by atoms with Crippen molar-refractivity contribution in [1.29, 1.82) is 0 Å². The number of hydrogen-bond donors (Lipinski definition) is 0. The standard InChI is InChI=1S/C11H12FN/c1-8(2)7-9-10(12)5-4-6-11(9)13-3/h4-6,8H,7H2,1-2H3. The van der Waals surface area contributed by atoms with E-state index < -0.39 is 0 Å². The average Bonchev–Trinajstić information content (AvgIpc) is 2.08. The first kappa shape index (κ1) is 9.73. The van der Waals surface area contributed by atoms with Crippen LogP contribution >= 0.6 is 0 Å². The Morgan fingerprint density at radius 1 is 1.46 bits per heavy atom. The minimum Gasteiger partial charge on any atom is -0.238 e. The summed E-state index contributed by atoms with van der Waals surface area (Å²) in [6, 6.07) is 4.65. The van der Waals surface area contributed by atoms with Gasteiger partial charge in [-0.1, -0.05) is 26.0 Å². The van der Waals surface area contributed by atoms with Gasteiger partial charge in [0.1, 0.15) is 5.82 Å². The first-order valence-corrected chi connectivity index (χ1v) is 4.30. The SMILES string of the molecule is [C-]#[N+]c1cccc(F)c1CC(C)C. The molecular weight excluding hydrogens is 165 g/mol. The van der Waals surface area contributed by atoms with Crippen LogP contribution in [-0.2, 0) is 6.42 Å². The minimum absolute atomic E-state index is 0.262. The highest BCUT2D eigenvalue weighted by Crippen LogP contribution is 2.24. The van der Waals surface area contributed by atoms with E-state index in [1.807, 2.05) is 13.8 Å². The van der Waals surface area contributed by atoms with Gasteiger partial charge in [-0.3, -0.25) is 0 Å². The molecule has 1 aromatic carbocycles. The molecule has 0 aromatic heterocycles. The van der Waals surface area contributed by atoms with E-state index in [9.17, 15) is 4.39 Å². The molecule has 0 saturated heterocycles. The summed E-state index contributed by atoms with van der Waals surface area (Å²) in [5.74, 6) is 0.111. The summed E-state index contributed by atoms with van der Waals surface area (Å²) in [6.07, 6.45) is 0.629. The second-order valence-corrected chi connectivity index (χ2v) is 3.45. The van der Waals surface area contributed by atoms with E-state index in [4.69, 9.17) is 6.57 Å². The van der Waals surface area contributed by atoms with Gasteiger partial charge in [-0.2, -0.15) is 0 Å². The third-order valence-corrected chi connectivity index (χ3v) is 1.83. The Hall–Kier alpha value is -1.36. The molecule has 0 aliphatic carbocycles. The highest BCUT2D eigenvalue weighted by atomic mass is 19.1. The van der Waals surface area contributed by atoms with E-state index >= 15 is 0 Å². The lowest BCUT2D eigenvalue weighted by atomic mass is 10.0. The fourth-order valence-electron chi connectivity index (χ4n) is 1.26. The van der Waals surface area contributed by atoms with Crippen molar-refractivity contribution in [2.75, 3.05) is 0 Å². The Balaban J connectivity index is 3.10. The lowest BCUT2D eigenvalue weighted by molar-refractivity contribution is 0.576. The highest BCUT2D eigenvalue weighted by molar-refractivity contribution is 5.52. The van der Waals surface area contributed by atoms with Gasteiger partial charge in [0.25, 0.3) is 0 Å². The lowest BCUT2D eigenvalue weighted by Gasteiger charge is -2.07. The van der Waals surface area contributed by atoms with Crippen LogP contribution in [0.5, 0.6) is 0 Å². The number of halogens is 1. The van der Waals surface area contributed by atoms with Gasteiger partial charge in [-0.05, 0) is 24.0 Å². The second-order valence-electron chi connectivity index (χ2n) is 3.45. The Labute approximate surface area is 78.0 Å². The van der Waals surface area contributed by atoms with Crippen molar-refractivity contribution < 1.29 is 4.39 Å². The molecule has 0 atom stereocenters. The fourth-order valence-corrected chi connectivity index (χ4v) is 1.26. The largest absolute Gasteiger partial charge is 0.238 e. The predicted molar refractivity (Wildman–Crippen MR) is 51.2 cm³/mol. The van der Waals surface area contributed by atoms with Gasteiger partial charge in [0.15, 0.2) is 5.69 Å². The molecule has 0 aliphatic rings. The van der Waals surface area contributed by atoms with E-state index in [1.165, 1.54) is 6.07 Å². The molecule has 0 amide bonds. The van der Waals surface area contributed by atoms with Crippen LogP contribution < -0.4 is 0 Å². The van der Waals surface area contributed by atoms with Crippen molar-refractivity contribution in [1.82, 2.24) is 0 Å². The smallest absolute Gasteiger partial charge is 0.193 e. The molecule has 0 saturated carbocycles. The molecule has 0 heterocycles.